The summed E-state index contributed by atoms with van der Waals surface area (Å²) in [5.41, 5.74) is 0.847. The van der Waals surface area contributed by atoms with Gasteiger partial charge in [-0.3, -0.25) is 0 Å². The number of hydrogen-bond donors (Lipinski definition) is 0. The van der Waals surface area contributed by atoms with Gasteiger partial charge >= 0.3 is 0 Å². The molecule has 0 bridgehead atoms. The Morgan fingerprint density at radius 3 is 2.77 bits per heavy atom. The lowest BCUT2D eigenvalue weighted by atomic mass is 10.4. The predicted octanol–water partition coefficient (Wildman–Crippen LogP) is 1.87. The van der Waals surface area contributed by atoms with Crippen LogP contribution < -0.4 is 4.74 Å². The molecule has 0 radical (unpaired) electrons. The maximum Gasteiger partial charge on any atom is 0.232 e. The molecule has 0 aromatic carbocycles. The van der Waals surface area contributed by atoms with Crippen molar-refractivity contribution in [1.82, 2.24) is 9.97 Å². The lowest BCUT2D eigenvalue weighted by molar-refractivity contribution is 0.350. The maximum absolute atomic E-state index is 5.21. The van der Waals surface area contributed by atoms with Crippen LogP contribution in [0.2, 0.25) is 0 Å². The van der Waals surface area contributed by atoms with Gasteiger partial charge in [-0.25, -0.2) is 4.98 Å². The molecule has 68 valence electrons. The highest BCUT2D eigenvalue weighted by Gasteiger charge is 2.07. The van der Waals surface area contributed by atoms with Crippen LogP contribution in [-0.4, -0.2) is 16.6 Å². The van der Waals surface area contributed by atoms with Crippen LogP contribution in [0.25, 0.3) is 0 Å². The van der Waals surface area contributed by atoms with E-state index >= 15 is 0 Å². The molecule has 0 saturated carbocycles. The van der Waals surface area contributed by atoms with E-state index in [1.807, 2.05) is 13.8 Å². The molecule has 4 heteroatoms. The molecular formula is C9H9BrN2O. The fourth-order valence-corrected chi connectivity index (χ4v) is 1.17. The van der Waals surface area contributed by atoms with Gasteiger partial charge in [-0.1, -0.05) is 5.92 Å². The Morgan fingerprint density at radius 1 is 1.46 bits per heavy atom. The van der Waals surface area contributed by atoms with E-state index in [1.165, 1.54) is 0 Å². The number of ether oxygens (including phenoxy) is 1. The molecule has 0 unspecified atom stereocenters. The standard InChI is InChI=1S/C9H9BrN2O/c1-4-5-13-9-8(10)6(2)11-7(3)12-9/h1H,5H2,2-3H3. The summed E-state index contributed by atoms with van der Waals surface area (Å²) in [5.74, 6) is 3.56. The summed E-state index contributed by atoms with van der Waals surface area (Å²) in [5, 5.41) is 0. The molecule has 1 rings (SSSR count). The van der Waals surface area contributed by atoms with Crippen LogP contribution in [0.15, 0.2) is 4.47 Å². The van der Waals surface area contributed by atoms with Crippen LogP contribution in [0.3, 0.4) is 0 Å². The average Bonchev–Trinajstić information content (AvgIpc) is 2.09. The van der Waals surface area contributed by atoms with E-state index in [2.05, 4.69) is 31.8 Å². The summed E-state index contributed by atoms with van der Waals surface area (Å²) >= 11 is 3.33. The first-order chi connectivity index (χ1) is 6.15. The second kappa shape index (κ2) is 4.24. The number of terminal acetylenes is 1. The number of hydrogen-bond acceptors (Lipinski definition) is 3. The third kappa shape index (κ3) is 2.43. The highest BCUT2D eigenvalue weighted by atomic mass is 79.9. The third-order valence-electron chi connectivity index (χ3n) is 1.39. The van der Waals surface area contributed by atoms with Crippen molar-refractivity contribution >= 4 is 15.9 Å². The summed E-state index contributed by atoms with van der Waals surface area (Å²) in [7, 11) is 0. The second-order valence-electron chi connectivity index (χ2n) is 2.47. The number of rotatable bonds is 2. The summed E-state index contributed by atoms with van der Waals surface area (Å²) in [6, 6.07) is 0. The topological polar surface area (TPSA) is 35.0 Å². The van der Waals surface area contributed by atoms with Crippen molar-refractivity contribution in [2.75, 3.05) is 6.61 Å². The van der Waals surface area contributed by atoms with E-state index in [-0.39, 0.29) is 6.61 Å². The fourth-order valence-electron chi connectivity index (χ4n) is 0.873. The van der Waals surface area contributed by atoms with Gasteiger partial charge in [-0.15, -0.1) is 6.42 Å². The number of aromatic nitrogens is 2. The Morgan fingerprint density at radius 2 is 2.15 bits per heavy atom. The minimum Gasteiger partial charge on any atom is -0.464 e. The van der Waals surface area contributed by atoms with Crippen molar-refractivity contribution in [2.24, 2.45) is 0 Å². The largest absolute Gasteiger partial charge is 0.464 e. The van der Waals surface area contributed by atoms with Crippen molar-refractivity contribution in [3.8, 4) is 18.2 Å². The SMILES string of the molecule is C#CCOc1nc(C)nc(C)c1Br. The molecule has 0 atom stereocenters. The van der Waals surface area contributed by atoms with Gasteiger partial charge in [0.15, 0.2) is 6.61 Å². The van der Waals surface area contributed by atoms with E-state index in [1.54, 1.807) is 0 Å². The first kappa shape index (κ1) is 10.0. The average molecular weight is 241 g/mol. The minimum absolute atomic E-state index is 0.217. The summed E-state index contributed by atoms with van der Waals surface area (Å²) in [6.45, 7) is 3.90. The van der Waals surface area contributed by atoms with Gasteiger partial charge in [0, 0.05) is 0 Å². The fraction of sp³-hybridized carbons (Fsp3) is 0.333. The molecule has 0 spiro atoms. The molecule has 0 saturated heterocycles. The molecule has 1 aromatic rings. The van der Waals surface area contributed by atoms with Crippen LogP contribution in [-0.2, 0) is 0 Å². The summed E-state index contributed by atoms with van der Waals surface area (Å²) in [4.78, 5) is 8.25. The van der Waals surface area contributed by atoms with Gasteiger partial charge in [-0.2, -0.15) is 4.98 Å². The van der Waals surface area contributed by atoms with Crippen molar-refractivity contribution < 1.29 is 4.74 Å². The zero-order valence-corrected chi connectivity index (χ0v) is 9.05. The molecule has 1 heterocycles. The second-order valence-corrected chi connectivity index (χ2v) is 3.26. The van der Waals surface area contributed by atoms with E-state index < -0.39 is 0 Å². The molecule has 0 amide bonds. The van der Waals surface area contributed by atoms with Crippen LogP contribution in [0.4, 0.5) is 0 Å². The third-order valence-corrected chi connectivity index (χ3v) is 2.30. The zero-order chi connectivity index (χ0) is 9.84. The van der Waals surface area contributed by atoms with Crippen LogP contribution in [0.5, 0.6) is 5.88 Å². The monoisotopic (exact) mass is 240 g/mol. The Bertz CT molecular complexity index is 357. The molecule has 13 heavy (non-hydrogen) atoms. The summed E-state index contributed by atoms with van der Waals surface area (Å²) in [6.07, 6.45) is 5.07. The van der Waals surface area contributed by atoms with Crippen molar-refractivity contribution in [3.63, 3.8) is 0 Å². The lowest BCUT2D eigenvalue weighted by Crippen LogP contribution is -2.01. The van der Waals surface area contributed by atoms with E-state index in [4.69, 9.17) is 11.2 Å². The highest BCUT2D eigenvalue weighted by molar-refractivity contribution is 9.10. The van der Waals surface area contributed by atoms with Crippen molar-refractivity contribution in [3.05, 3.63) is 16.0 Å². The molecule has 0 aliphatic carbocycles. The first-order valence-electron chi connectivity index (χ1n) is 3.72. The number of halogens is 1. The van der Waals surface area contributed by atoms with Crippen LogP contribution in [0.1, 0.15) is 11.5 Å². The normalized spacial score (nSPS) is 9.38. The van der Waals surface area contributed by atoms with Crippen LogP contribution >= 0.6 is 15.9 Å². The van der Waals surface area contributed by atoms with Crippen molar-refractivity contribution in [2.45, 2.75) is 13.8 Å². The van der Waals surface area contributed by atoms with Gasteiger partial charge in [0.05, 0.1) is 5.69 Å². The Balaban J connectivity index is 3.00. The summed E-state index contributed by atoms with van der Waals surface area (Å²) < 4.78 is 5.97. The van der Waals surface area contributed by atoms with E-state index in [0.29, 0.717) is 11.7 Å². The van der Waals surface area contributed by atoms with Gasteiger partial charge < -0.3 is 4.74 Å². The van der Waals surface area contributed by atoms with E-state index in [9.17, 15) is 0 Å². The van der Waals surface area contributed by atoms with Crippen molar-refractivity contribution in [1.29, 1.82) is 0 Å². The predicted molar refractivity (Wildman–Crippen MR) is 53.5 cm³/mol. The molecule has 0 aliphatic rings. The number of aryl methyl sites for hydroxylation is 2. The van der Waals surface area contributed by atoms with Gasteiger partial charge in [-0.05, 0) is 29.8 Å². The molecule has 0 aliphatic heterocycles. The smallest absolute Gasteiger partial charge is 0.232 e. The quantitative estimate of drug-likeness (QED) is 0.741. The Labute approximate surface area is 85.7 Å². The Hall–Kier alpha value is -1.08. The molecule has 1 aromatic heterocycles. The van der Waals surface area contributed by atoms with Crippen LogP contribution in [0, 0.1) is 26.2 Å². The highest BCUT2D eigenvalue weighted by Crippen LogP contribution is 2.24. The molecule has 0 N–H and O–H groups in total. The molecular weight excluding hydrogens is 232 g/mol. The first-order valence-corrected chi connectivity index (χ1v) is 4.51. The maximum atomic E-state index is 5.21. The lowest BCUT2D eigenvalue weighted by Gasteiger charge is -2.06. The number of nitrogens with zero attached hydrogens (tertiary/aromatic N) is 2. The van der Waals surface area contributed by atoms with Gasteiger partial charge in [0.1, 0.15) is 10.3 Å². The Kier molecular flexibility index (Phi) is 3.26. The van der Waals surface area contributed by atoms with Gasteiger partial charge in [0.2, 0.25) is 5.88 Å². The van der Waals surface area contributed by atoms with E-state index in [0.717, 1.165) is 10.2 Å². The zero-order valence-electron chi connectivity index (χ0n) is 7.47. The molecule has 3 nitrogen and oxygen atoms in total. The molecule has 0 fully saturated rings. The van der Waals surface area contributed by atoms with Gasteiger partial charge in [0.25, 0.3) is 0 Å². The minimum atomic E-state index is 0.217.